The van der Waals surface area contributed by atoms with Gasteiger partial charge in [0, 0.05) is 16.6 Å². The average Bonchev–Trinajstić information content (AvgIpc) is 2.68. The highest BCUT2D eigenvalue weighted by atomic mass is 16.2. The number of benzene rings is 1. The number of aryl methyl sites for hydroxylation is 2. The SMILES string of the molecule is Cc1ccc2[nH]c3c(c2c1)CCC[C@H]3NC(N)=O. The molecule has 2 aromatic rings. The quantitative estimate of drug-likeness (QED) is 0.707. The molecule has 0 radical (unpaired) electrons. The standard InChI is InChI=1S/C14H17N3O/c1-8-5-6-11-10(7-8)9-3-2-4-12(13(9)16-11)17-14(15)18/h5-7,12,16H,2-4H2,1H3,(H3,15,17,18)/t12-/m1/s1. The topological polar surface area (TPSA) is 70.9 Å². The van der Waals surface area contributed by atoms with Crippen LogP contribution in [0.15, 0.2) is 18.2 Å². The van der Waals surface area contributed by atoms with Crippen molar-refractivity contribution in [3.63, 3.8) is 0 Å². The van der Waals surface area contributed by atoms with Crippen LogP contribution in [-0.4, -0.2) is 11.0 Å². The number of H-pyrrole nitrogens is 1. The lowest BCUT2D eigenvalue weighted by atomic mass is 9.91. The molecule has 0 saturated carbocycles. The van der Waals surface area contributed by atoms with E-state index in [0.29, 0.717) is 0 Å². The Morgan fingerprint density at radius 2 is 2.33 bits per heavy atom. The van der Waals surface area contributed by atoms with Gasteiger partial charge in [-0.15, -0.1) is 0 Å². The molecule has 0 spiro atoms. The van der Waals surface area contributed by atoms with Gasteiger partial charge in [-0.1, -0.05) is 11.6 Å². The van der Waals surface area contributed by atoms with E-state index in [4.69, 9.17) is 5.73 Å². The van der Waals surface area contributed by atoms with Crippen LogP contribution in [0.4, 0.5) is 4.79 Å². The van der Waals surface area contributed by atoms with Gasteiger partial charge in [0.1, 0.15) is 0 Å². The number of carbonyl (C=O) groups excluding carboxylic acids is 1. The van der Waals surface area contributed by atoms with Crippen LogP contribution in [0.5, 0.6) is 0 Å². The summed E-state index contributed by atoms with van der Waals surface area (Å²) in [5.41, 5.74) is 10.1. The molecule has 3 rings (SSSR count). The summed E-state index contributed by atoms with van der Waals surface area (Å²) in [4.78, 5) is 14.5. The summed E-state index contributed by atoms with van der Waals surface area (Å²) in [6.07, 6.45) is 3.09. The van der Waals surface area contributed by atoms with Gasteiger partial charge in [0.15, 0.2) is 0 Å². The van der Waals surface area contributed by atoms with Crippen molar-refractivity contribution in [2.45, 2.75) is 32.2 Å². The Balaban J connectivity index is 2.12. The van der Waals surface area contributed by atoms with E-state index in [0.717, 1.165) is 30.5 Å². The summed E-state index contributed by atoms with van der Waals surface area (Å²) >= 11 is 0. The van der Waals surface area contributed by atoms with Crippen molar-refractivity contribution in [1.29, 1.82) is 0 Å². The fraction of sp³-hybridized carbons (Fsp3) is 0.357. The summed E-state index contributed by atoms with van der Waals surface area (Å²) in [7, 11) is 0. The van der Waals surface area contributed by atoms with Crippen molar-refractivity contribution in [2.24, 2.45) is 5.73 Å². The van der Waals surface area contributed by atoms with E-state index in [1.807, 2.05) is 0 Å². The van der Waals surface area contributed by atoms with Crippen LogP contribution in [0.2, 0.25) is 0 Å². The summed E-state index contributed by atoms with van der Waals surface area (Å²) < 4.78 is 0. The lowest BCUT2D eigenvalue weighted by Gasteiger charge is -2.22. The third kappa shape index (κ3) is 1.74. The highest BCUT2D eigenvalue weighted by molar-refractivity contribution is 5.86. The molecule has 0 fully saturated rings. The van der Waals surface area contributed by atoms with Gasteiger partial charge < -0.3 is 16.0 Å². The fourth-order valence-electron chi connectivity index (χ4n) is 2.89. The second kappa shape index (κ2) is 4.05. The Kier molecular flexibility index (Phi) is 2.51. The van der Waals surface area contributed by atoms with Gasteiger partial charge in [0.2, 0.25) is 0 Å². The first-order chi connectivity index (χ1) is 8.65. The van der Waals surface area contributed by atoms with Gasteiger partial charge in [-0.05, 0) is 43.9 Å². The van der Waals surface area contributed by atoms with Gasteiger partial charge in [0.05, 0.1) is 6.04 Å². The van der Waals surface area contributed by atoms with Crippen LogP contribution in [0.25, 0.3) is 10.9 Å². The lowest BCUT2D eigenvalue weighted by molar-refractivity contribution is 0.243. The van der Waals surface area contributed by atoms with E-state index in [-0.39, 0.29) is 6.04 Å². The molecule has 18 heavy (non-hydrogen) atoms. The monoisotopic (exact) mass is 243 g/mol. The zero-order valence-corrected chi connectivity index (χ0v) is 10.4. The zero-order chi connectivity index (χ0) is 12.7. The minimum atomic E-state index is -0.456. The highest BCUT2D eigenvalue weighted by Gasteiger charge is 2.24. The number of fused-ring (bicyclic) bond motifs is 3. The Morgan fingerprint density at radius 3 is 3.11 bits per heavy atom. The maximum absolute atomic E-state index is 11.0. The molecule has 1 atom stereocenters. The summed E-state index contributed by atoms with van der Waals surface area (Å²) in [6.45, 7) is 2.10. The molecule has 2 amide bonds. The maximum Gasteiger partial charge on any atom is 0.312 e. The molecule has 4 heteroatoms. The zero-order valence-electron chi connectivity index (χ0n) is 10.4. The molecule has 94 valence electrons. The molecule has 1 aliphatic carbocycles. The number of amides is 2. The van der Waals surface area contributed by atoms with Gasteiger partial charge in [-0.3, -0.25) is 0 Å². The van der Waals surface area contributed by atoms with Gasteiger partial charge >= 0.3 is 6.03 Å². The number of aromatic amines is 1. The van der Waals surface area contributed by atoms with E-state index >= 15 is 0 Å². The third-order valence-corrected chi connectivity index (χ3v) is 3.68. The number of hydrogen-bond donors (Lipinski definition) is 3. The molecular weight excluding hydrogens is 226 g/mol. The number of nitrogens with two attached hydrogens (primary N) is 1. The minimum absolute atomic E-state index is 0.0268. The molecule has 0 saturated heterocycles. The predicted molar refractivity (Wildman–Crippen MR) is 71.4 cm³/mol. The van der Waals surface area contributed by atoms with Crippen molar-refractivity contribution in [3.05, 3.63) is 35.0 Å². The molecule has 4 nitrogen and oxygen atoms in total. The Morgan fingerprint density at radius 1 is 1.50 bits per heavy atom. The summed E-state index contributed by atoms with van der Waals surface area (Å²) in [6, 6.07) is 5.98. The van der Waals surface area contributed by atoms with E-state index in [1.165, 1.54) is 16.5 Å². The van der Waals surface area contributed by atoms with Gasteiger partial charge in [0.25, 0.3) is 0 Å². The number of rotatable bonds is 1. The molecule has 0 bridgehead atoms. The molecule has 0 aliphatic heterocycles. The number of nitrogens with one attached hydrogen (secondary N) is 2. The number of aromatic nitrogens is 1. The van der Waals surface area contributed by atoms with Crippen LogP contribution in [0.1, 0.15) is 35.7 Å². The second-order valence-corrected chi connectivity index (χ2v) is 5.02. The van der Waals surface area contributed by atoms with Crippen LogP contribution in [0.3, 0.4) is 0 Å². The molecule has 0 unspecified atom stereocenters. The van der Waals surface area contributed by atoms with E-state index in [9.17, 15) is 4.79 Å². The Bertz CT molecular complexity index is 615. The fourth-order valence-corrected chi connectivity index (χ4v) is 2.89. The molecule has 1 aromatic heterocycles. The largest absolute Gasteiger partial charge is 0.356 e. The van der Waals surface area contributed by atoms with Crippen molar-refractivity contribution < 1.29 is 4.79 Å². The molecule has 4 N–H and O–H groups in total. The van der Waals surface area contributed by atoms with Crippen molar-refractivity contribution >= 4 is 16.9 Å². The number of carbonyl (C=O) groups is 1. The van der Waals surface area contributed by atoms with Crippen LogP contribution in [-0.2, 0) is 6.42 Å². The molecule has 1 aliphatic rings. The molecular formula is C14H17N3O. The smallest absolute Gasteiger partial charge is 0.312 e. The van der Waals surface area contributed by atoms with Gasteiger partial charge in [-0.2, -0.15) is 0 Å². The van der Waals surface area contributed by atoms with Crippen LogP contribution < -0.4 is 11.1 Å². The maximum atomic E-state index is 11.0. The summed E-state index contributed by atoms with van der Waals surface area (Å²) in [5.74, 6) is 0. The number of urea groups is 1. The number of hydrogen-bond acceptors (Lipinski definition) is 1. The van der Waals surface area contributed by atoms with Crippen LogP contribution in [0, 0.1) is 6.92 Å². The van der Waals surface area contributed by atoms with E-state index in [2.05, 4.69) is 35.4 Å². The number of primary amides is 1. The van der Waals surface area contributed by atoms with Crippen molar-refractivity contribution in [1.82, 2.24) is 10.3 Å². The first-order valence-corrected chi connectivity index (χ1v) is 6.32. The lowest BCUT2D eigenvalue weighted by Crippen LogP contribution is -2.34. The van der Waals surface area contributed by atoms with Crippen molar-refractivity contribution in [2.75, 3.05) is 0 Å². The van der Waals surface area contributed by atoms with Crippen molar-refractivity contribution in [3.8, 4) is 0 Å². The van der Waals surface area contributed by atoms with E-state index in [1.54, 1.807) is 0 Å². The predicted octanol–water partition coefficient (Wildman–Crippen LogP) is 2.52. The van der Waals surface area contributed by atoms with E-state index < -0.39 is 6.03 Å². The summed E-state index contributed by atoms with van der Waals surface area (Å²) in [5, 5.41) is 4.10. The Hall–Kier alpha value is -1.97. The highest BCUT2D eigenvalue weighted by Crippen LogP contribution is 2.34. The first-order valence-electron chi connectivity index (χ1n) is 6.32. The molecule has 1 aromatic carbocycles. The third-order valence-electron chi connectivity index (χ3n) is 3.68. The van der Waals surface area contributed by atoms with Crippen LogP contribution >= 0.6 is 0 Å². The molecule has 1 heterocycles. The first kappa shape index (κ1) is 11.1. The average molecular weight is 243 g/mol. The second-order valence-electron chi connectivity index (χ2n) is 5.02. The normalized spacial score (nSPS) is 18.6. The van der Waals surface area contributed by atoms with Gasteiger partial charge in [-0.25, -0.2) is 4.79 Å². The minimum Gasteiger partial charge on any atom is -0.356 e. The Labute approximate surface area is 106 Å².